The van der Waals surface area contributed by atoms with Crippen molar-refractivity contribution in [3.05, 3.63) is 18.0 Å². The number of nitrogens with one attached hydrogen (secondary N) is 1. The second-order valence-electron chi connectivity index (χ2n) is 3.40. The van der Waals surface area contributed by atoms with Crippen LogP contribution in [0.1, 0.15) is 12.0 Å². The molecule has 84 valence electrons. The minimum absolute atomic E-state index is 0.236. The van der Waals surface area contributed by atoms with Crippen molar-refractivity contribution in [3.8, 4) is 0 Å². The minimum Gasteiger partial charge on any atom is -0.481 e. The van der Waals surface area contributed by atoms with E-state index in [0.717, 1.165) is 5.56 Å². The molecule has 0 saturated carbocycles. The molecule has 1 aromatic rings. The van der Waals surface area contributed by atoms with Crippen LogP contribution in [-0.2, 0) is 18.4 Å². The number of aliphatic carboxylic acids is 1. The molecular formula is C9H15N3O3. The summed E-state index contributed by atoms with van der Waals surface area (Å²) in [6, 6.07) is 0. The van der Waals surface area contributed by atoms with E-state index in [0.29, 0.717) is 6.54 Å². The standard InChI is InChI=1S/C9H15N3O3/c1-12-6-7(4-11-12)3-10-5-8(13)2-9(14)15/h4,6,8,10,13H,2-3,5H2,1H3,(H,14,15). The lowest BCUT2D eigenvalue weighted by atomic mass is 10.2. The number of carbonyl (C=O) groups is 1. The van der Waals surface area contributed by atoms with Gasteiger partial charge in [-0.3, -0.25) is 9.48 Å². The van der Waals surface area contributed by atoms with Crippen LogP contribution < -0.4 is 5.32 Å². The number of carboxylic acids is 1. The highest BCUT2D eigenvalue weighted by Crippen LogP contribution is 1.96. The monoisotopic (exact) mass is 213 g/mol. The first-order valence-corrected chi connectivity index (χ1v) is 4.66. The number of hydrogen-bond donors (Lipinski definition) is 3. The Bertz CT molecular complexity index is 324. The van der Waals surface area contributed by atoms with Gasteiger partial charge in [-0.25, -0.2) is 0 Å². The predicted octanol–water partition coefficient (Wildman–Crippen LogP) is -0.655. The summed E-state index contributed by atoms with van der Waals surface area (Å²) in [6.45, 7) is 0.839. The van der Waals surface area contributed by atoms with Crippen molar-refractivity contribution in [2.24, 2.45) is 7.05 Å². The van der Waals surface area contributed by atoms with Gasteiger partial charge in [-0.05, 0) is 0 Å². The summed E-state index contributed by atoms with van der Waals surface area (Å²) in [4.78, 5) is 10.2. The Morgan fingerprint density at radius 2 is 2.47 bits per heavy atom. The smallest absolute Gasteiger partial charge is 0.306 e. The van der Waals surface area contributed by atoms with E-state index in [4.69, 9.17) is 5.11 Å². The van der Waals surface area contributed by atoms with Crippen LogP contribution in [-0.4, -0.2) is 38.6 Å². The lowest BCUT2D eigenvalue weighted by molar-refractivity contribution is -0.139. The molecule has 0 spiro atoms. The van der Waals surface area contributed by atoms with Gasteiger partial charge in [-0.15, -0.1) is 0 Å². The Kier molecular flexibility index (Phi) is 4.26. The zero-order valence-corrected chi connectivity index (χ0v) is 8.55. The normalized spacial score (nSPS) is 12.7. The average molecular weight is 213 g/mol. The fraction of sp³-hybridized carbons (Fsp3) is 0.556. The Balaban J connectivity index is 2.18. The molecular weight excluding hydrogens is 198 g/mol. The number of nitrogens with zero attached hydrogens (tertiary/aromatic N) is 2. The topological polar surface area (TPSA) is 87.4 Å². The molecule has 0 aliphatic rings. The summed E-state index contributed by atoms with van der Waals surface area (Å²) in [5, 5.41) is 24.6. The Morgan fingerprint density at radius 1 is 1.73 bits per heavy atom. The lowest BCUT2D eigenvalue weighted by Crippen LogP contribution is -2.28. The van der Waals surface area contributed by atoms with E-state index in [-0.39, 0.29) is 13.0 Å². The lowest BCUT2D eigenvalue weighted by Gasteiger charge is -2.08. The van der Waals surface area contributed by atoms with Gasteiger partial charge in [0, 0.05) is 31.9 Å². The van der Waals surface area contributed by atoms with Crippen LogP contribution in [0.3, 0.4) is 0 Å². The molecule has 0 aromatic carbocycles. The van der Waals surface area contributed by atoms with Crippen LogP contribution in [0.2, 0.25) is 0 Å². The number of aryl methyl sites for hydroxylation is 1. The van der Waals surface area contributed by atoms with Crippen LogP contribution in [0.5, 0.6) is 0 Å². The average Bonchev–Trinajstić information content (AvgIpc) is 2.50. The van der Waals surface area contributed by atoms with E-state index in [9.17, 15) is 9.90 Å². The molecule has 0 aliphatic carbocycles. The third-order valence-corrected chi connectivity index (χ3v) is 1.88. The maximum atomic E-state index is 10.2. The van der Waals surface area contributed by atoms with Crippen molar-refractivity contribution in [1.29, 1.82) is 0 Å². The molecule has 1 aromatic heterocycles. The fourth-order valence-corrected chi connectivity index (χ4v) is 1.22. The molecule has 15 heavy (non-hydrogen) atoms. The van der Waals surface area contributed by atoms with Gasteiger partial charge in [-0.2, -0.15) is 5.10 Å². The quantitative estimate of drug-likeness (QED) is 0.584. The highest BCUT2D eigenvalue weighted by atomic mass is 16.4. The molecule has 3 N–H and O–H groups in total. The largest absolute Gasteiger partial charge is 0.481 e. The van der Waals surface area contributed by atoms with E-state index >= 15 is 0 Å². The van der Waals surface area contributed by atoms with Crippen LogP contribution in [0.25, 0.3) is 0 Å². The van der Waals surface area contributed by atoms with Gasteiger partial charge in [0.15, 0.2) is 0 Å². The molecule has 1 heterocycles. The Hall–Kier alpha value is -1.40. The van der Waals surface area contributed by atoms with E-state index < -0.39 is 12.1 Å². The van der Waals surface area contributed by atoms with E-state index in [1.807, 2.05) is 13.2 Å². The molecule has 0 saturated heterocycles. The van der Waals surface area contributed by atoms with E-state index in [1.165, 1.54) is 0 Å². The molecule has 0 aliphatic heterocycles. The van der Waals surface area contributed by atoms with E-state index in [1.54, 1.807) is 10.9 Å². The van der Waals surface area contributed by atoms with Gasteiger partial charge in [0.1, 0.15) is 0 Å². The van der Waals surface area contributed by atoms with E-state index in [2.05, 4.69) is 10.4 Å². The SMILES string of the molecule is Cn1cc(CNCC(O)CC(=O)O)cn1. The zero-order chi connectivity index (χ0) is 11.3. The van der Waals surface area contributed by atoms with Gasteiger partial charge in [-0.1, -0.05) is 0 Å². The van der Waals surface area contributed by atoms with Crippen LogP contribution in [0.15, 0.2) is 12.4 Å². The Morgan fingerprint density at radius 3 is 3.00 bits per heavy atom. The summed E-state index contributed by atoms with van der Waals surface area (Å²) in [5.41, 5.74) is 1.00. The number of rotatable bonds is 6. The molecule has 0 amide bonds. The molecule has 0 bridgehead atoms. The molecule has 1 atom stereocenters. The van der Waals surface area contributed by atoms with Crippen LogP contribution in [0.4, 0.5) is 0 Å². The molecule has 0 fully saturated rings. The summed E-state index contributed by atoms with van der Waals surface area (Å²) < 4.78 is 1.69. The van der Waals surface area contributed by atoms with Crippen molar-refractivity contribution < 1.29 is 15.0 Å². The first kappa shape index (κ1) is 11.7. The zero-order valence-electron chi connectivity index (χ0n) is 8.55. The van der Waals surface area contributed by atoms with Crippen molar-refractivity contribution in [3.63, 3.8) is 0 Å². The van der Waals surface area contributed by atoms with Crippen molar-refractivity contribution in [1.82, 2.24) is 15.1 Å². The van der Waals surface area contributed by atoms with Gasteiger partial charge in [0.25, 0.3) is 0 Å². The van der Waals surface area contributed by atoms with Crippen molar-refractivity contribution >= 4 is 5.97 Å². The second-order valence-corrected chi connectivity index (χ2v) is 3.40. The summed E-state index contributed by atoms with van der Waals surface area (Å²) in [5.74, 6) is -0.995. The first-order valence-electron chi connectivity index (χ1n) is 4.66. The predicted molar refractivity (Wildman–Crippen MR) is 53.2 cm³/mol. The van der Waals surface area contributed by atoms with Gasteiger partial charge < -0.3 is 15.5 Å². The summed E-state index contributed by atoms with van der Waals surface area (Å²) >= 11 is 0. The maximum absolute atomic E-state index is 10.2. The highest BCUT2D eigenvalue weighted by Gasteiger charge is 2.08. The molecule has 0 radical (unpaired) electrons. The molecule has 1 rings (SSSR count). The molecule has 6 nitrogen and oxygen atoms in total. The van der Waals surface area contributed by atoms with Gasteiger partial charge in [0.05, 0.1) is 18.7 Å². The van der Waals surface area contributed by atoms with Crippen LogP contribution >= 0.6 is 0 Å². The van der Waals surface area contributed by atoms with Crippen LogP contribution in [0, 0.1) is 0 Å². The Labute approximate surface area is 87.5 Å². The minimum atomic E-state index is -0.995. The van der Waals surface area contributed by atoms with Gasteiger partial charge >= 0.3 is 5.97 Å². The summed E-state index contributed by atoms with van der Waals surface area (Å²) in [7, 11) is 1.82. The number of aliphatic hydroxyl groups is 1. The summed E-state index contributed by atoms with van der Waals surface area (Å²) in [6.07, 6.45) is 2.49. The number of aliphatic hydroxyl groups excluding tert-OH is 1. The first-order chi connectivity index (χ1) is 7.08. The molecule has 1 unspecified atom stereocenters. The van der Waals surface area contributed by atoms with Crippen molar-refractivity contribution in [2.45, 2.75) is 19.1 Å². The maximum Gasteiger partial charge on any atom is 0.306 e. The third-order valence-electron chi connectivity index (χ3n) is 1.88. The fourth-order valence-electron chi connectivity index (χ4n) is 1.22. The number of aromatic nitrogens is 2. The van der Waals surface area contributed by atoms with Crippen molar-refractivity contribution in [2.75, 3.05) is 6.54 Å². The number of carboxylic acid groups (broad SMARTS) is 1. The number of hydrogen-bond acceptors (Lipinski definition) is 4. The highest BCUT2D eigenvalue weighted by molar-refractivity contribution is 5.67. The molecule has 6 heteroatoms. The second kappa shape index (κ2) is 5.47. The third kappa shape index (κ3) is 4.57. The van der Waals surface area contributed by atoms with Gasteiger partial charge in [0.2, 0.25) is 0 Å².